The average Bonchev–Trinajstić information content (AvgIpc) is 2.28. The van der Waals surface area contributed by atoms with Crippen LogP contribution in [0.15, 0.2) is 0 Å². The molecule has 90 valence electrons. The van der Waals surface area contributed by atoms with E-state index in [-0.39, 0.29) is 0 Å². The van der Waals surface area contributed by atoms with Gasteiger partial charge in [-0.25, -0.2) is 0 Å². The number of hydrogen-bond acceptors (Lipinski definition) is 4. The third kappa shape index (κ3) is 2.80. The van der Waals surface area contributed by atoms with Crippen LogP contribution in [0.2, 0.25) is 0 Å². The van der Waals surface area contributed by atoms with E-state index < -0.39 is 0 Å². The highest BCUT2D eigenvalue weighted by Gasteiger charge is 2.17. The van der Waals surface area contributed by atoms with Crippen molar-refractivity contribution in [2.24, 2.45) is 0 Å². The second-order valence-corrected chi connectivity index (χ2v) is 4.86. The second kappa shape index (κ2) is 6.30. The first-order valence-electron chi connectivity index (χ1n) is 5.91. The molecule has 0 aliphatic carbocycles. The molecule has 0 heterocycles. The minimum absolute atomic E-state index is 0.828. The molecule has 16 heavy (non-hydrogen) atoms. The summed E-state index contributed by atoms with van der Waals surface area (Å²) in [6, 6.07) is 0. The fraction of sp³-hybridized carbons (Fsp3) is 0.667. The molecular weight excluding hydrogens is 236 g/mol. The predicted molar refractivity (Wildman–Crippen MR) is 77.4 cm³/mol. The van der Waals surface area contributed by atoms with E-state index in [0.717, 1.165) is 33.5 Å². The number of nitrogens with one attached hydrogen (secondary N) is 1. The van der Waals surface area contributed by atoms with E-state index in [1.54, 1.807) is 0 Å². The summed E-state index contributed by atoms with van der Waals surface area (Å²) in [6.07, 6.45) is 3.73. The molecule has 0 radical (unpaired) electrons. The molecule has 4 heteroatoms. The molecule has 2 nitrogen and oxygen atoms in total. The number of unbranched alkanes of at least 4 members (excludes halogenated alkanes) is 2. The van der Waals surface area contributed by atoms with E-state index in [9.17, 15) is 0 Å². The first-order chi connectivity index (χ1) is 7.63. The maximum Gasteiger partial charge on any atom is 0.0834 e. The van der Waals surface area contributed by atoms with E-state index in [2.05, 4.69) is 31.1 Å². The molecule has 0 aromatic heterocycles. The molecule has 1 aromatic carbocycles. The zero-order valence-corrected chi connectivity index (χ0v) is 11.9. The summed E-state index contributed by atoms with van der Waals surface area (Å²) in [6.45, 7) is 6.24. The quantitative estimate of drug-likeness (QED) is 0.584. The van der Waals surface area contributed by atoms with Gasteiger partial charge in [0.15, 0.2) is 0 Å². The van der Waals surface area contributed by atoms with Crippen molar-refractivity contribution < 1.29 is 0 Å². The van der Waals surface area contributed by atoms with Gasteiger partial charge < -0.3 is 10.2 Å². The number of anilines is 2. The van der Waals surface area contributed by atoms with Crippen LogP contribution < -0.4 is 10.2 Å². The first kappa shape index (κ1) is 13.6. The van der Waals surface area contributed by atoms with Gasteiger partial charge in [0.25, 0.3) is 0 Å². The Morgan fingerprint density at radius 3 is 2.38 bits per heavy atom. The van der Waals surface area contributed by atoms with Crippen molar-refractivity contribution >= 4 is 35.8 Å². The summed E-state index contributed by atoms with van der Waals surface area (Å²) < 4.78 is 1.68. The summed E-state index contributed by atoms with van der Waals surface area (Å²) in [5, 5.41) is 3.29. The lowest BCUT2D eigenvalue weighted by Gasteiger charge is -2.25. The van der Waals surface area contributed by atoms with Crippen molar-refractivity contribution in [1.29, 1.82) is 0 Å². The molecule has 0 saturated heterocycles. The largest absolute Gasteiger partial charge is 0.382 e. The molecular formula is C12H20N2S2. The Kier molecular flexibility index (Phi) is 5.35. The van der Waals surface area contributed by atoms with Gasteiger partial charge in [0.2, 0.25) is 0 Å². The van der Waals surface area contributed by atoms with Gasteiger partial charge in [-0.1, -0.05) is 44.2 Å². The van der Waals surface area contributed by atoms with Crippen LogP contribution in [0, 0.1) is 9.02 Å². The Morgan fingerprint density at radius 2 is 1.81 bits per heavy atom. The molecule has 0 spiro atoms. The molecule has 0 bridgehead atoms. The van der Waals surface area contributed by atoms with Gasteiger partial charge in [0.05, 0.1) is 20.4 Å². The molecule has 0 amide bonds. The molecule has 0 unspecified atom stereocenters. The Bertz CT molecular complexity index is 405. The summed E-state index contributed by atoms with van der Waals surface area (Å²) in [5.74, 6) is 0. The van der Waals surface area contributed by atoms with Crippen molar-refractivity contribution in [3.8, 4) is 0 Å². The standard InChI is InChI=1S/C12H20N2S2/c1-4-6-7-8-14(3)10-9(13-5-2)11(15)12(10)16/h13H,4-8H2,1-3H3. The maximum absolute atomic E-state index is 5.29. The van der Waals surface area contributed by atoms with E-state index in [1.165, 1.54) is 19.3 Å². The lowest BCUT2D eigenvalue weighted by Crippen LogP contribution is -2.22. The molecule has 0 saturated carbocycles. The number of rotatable bonds is 7. The maximum atomic E-state index is 5.29. The molecule has 0 aliphatic heterocycles. The molecule has 0 fully saturated rings. The minimum atomic E-state index is 0.828. The SMILES string of the molecule is CCCCCN(C)c1c(NCC)c(=S)c1=S. The molecule has 0 atom stereocenters. The van der Waals surface area contributed by atoms with Crippen LogP contribution in [0.3, 0.4) is 0 Å². The topological polar surface area (TPSA) is 15.3 Å². The second-order valence-electron chi connectivity index (χ2n) is 4.04. The Hall–Kier alpha value is -0.480. The average molecular weight is 256 g/mol. The van der Waals surface area contributed by atoms with Crippen LogP contribution in [0.1, 0.15) is 33.1 Å². The van der Waals surface area contributed by atoms with Gasteiger partial charge in [-0.05, 0) is 13.3 Å². The normalized spacial score (nSPS) is 10.7. The van der Waals surface area contributed by atoms with Crippen LogP contribution in [-0.4, -0.2) is 20.1 Å². The summed E-state index contributed by atoms with van der Waals surface area (Å²) >= 11 is 10.5. The Labute approximate surface area is 108 Å². The Morgan fingerprint density at radius 1 is 1.12 bits per heavy atom. The summed E-state index contributed by atoms with van der Waals surface area (Å²) in [4.78, 5) is 2.23. The van der Waals surface area contributed by atoms with Gasteiger partial charge in [-0.3, -0.25) is 0 Å². The van der Waals surface area contributed by atoms with Crippen molar-refractivity contribution in [3.05, 3.63) is 9.02 Å². The molecule has 1 rings (SSSR count). The highest BCUT2D eigenvalue weighted by Crippen LogP contribution is 2.35. The van der Waals surface area contributed by atoms with E-state index in [0.29, 0.717) is 0 Å². The van der Waals surface area contributed by atoms with Crippen molar-refractivity contribution in [2.45, 2.75) is 33.1 Å². The van der Waals surface area contributed by atoms with Crippen molar-refractivity contribution in [1.82, 2.24) is 0 Å². The van der Waals surface area contributed by atoms with Crippen LogP contribution >= 0.6 is 24.4 Å². The van der Waals surface area contributed by atoms with Crippen LogP contribution in [0.5, 0.6) is 0 Å². The smallest absolute Gasteiger partial charge is 0.0834 e. The van der Waals surface area contributed by atoms with Gasteiger partial charge >= 0.3 is 0 Å². The highest BCUT2D eigenvalue weighted by molar-refractivity contribution is 7.74. The fourth-order valence-electron chi connectivity index (χ4n) is 1.80. The van der Waals surface area contributed by atoms with E-state index >= 15 is 0 Å². The van der Waals surface area contributed by atoms with Crippen LogP contribution in [-0.2, 0) is 0 Å². The van der Waals surface area contributed by atoms with Gasteiger partial charge in [0, 0.05) is 20.1 Å². The Balaban J connectivity index is 2.68. The zero-order valence-electron chi connectivity index (χ0n) is 10.3. The minimum Gasteiger partial charge on any atom is -0.382 e. The first-order valence-corrected chi connectivity index (χ1v) is 6.73. The summed E-state index contributed by atoms with van der Waals surface area (Å²) in [5.41, 5.74) is 2.21. The third-order valence-corrected chi connectivity index (χ3v) is 3.65. The third-order valence-electron chi connectivity index (χ3n) is 2.72. The van der Waals surface area contributed by atoms with E-state index in [4.69, 9.17) is 24.4 Å². The molecule has 1 N–H and O–H groups in total. The van der Waals surface area contributed by atoms with Crippen LogP contribution in [0.4, 0.5) is 11.4 Å². The van der Waals surface area contributed by atoms with Gasteiger partial charge in [0.1, 0.15) is 0 Å². The van der Waals surface area contributed by atoms with E-state index in [1.807, 2.05) is 0 Å². The number of hydrogen-bond donors (Lipinski definition) is 1. The lowest BCUT2D eigenvalue weighted by atomic mass is 10.1. The van der Waals surface area contributed by atoms with Gasteiger partial charge in [-0.15, -0.1) is 0 Å². The fourth-order valence-corrected chi connectivity index (χ4v) is 2.42. The van der Waals surface area contributed by atoms with Crippen molar-refractivity contribution in [3.63, 3.8) is 0 Å². The lowest BCUT2D eigenvalue weighted by molar-refractivity contribution is 0.704. The number of nitrogens with zero attached hydrogens (tertiary/aromatic N) is 1. The monoisotopic (exact) mass is 256 g/mol. The van der Waals surface area contributed by atoms with Gasteiger partial charge in [-0.2, -0.15) is 0 Å². The zero-order chi connectivity index (χ0) is 12.1. The molecule has 1 aromatic rings. The van der Waals surface area contributed by atoms with Crippen molar-refractivity contribution in [2.75, 3.05) is 30.4 Å². The van der Waals surface area contributed by atoms with Crippen LogP contribution in [0.25, 0.3) is 0 Å². The highest BCUT2D eigenvalue weighted by atomic mass is 32.1. The summed E-state index contributed by atoms with van der Waals surface area (Å²) in [7, 11) is 2.09. The predicted octanol–water partition coefficient (Wildman–Crippen LogP) is 4.08. The molecule has 0 aliphatic rings.